The van der Waals surface area contributed by atoms with Crippen LogP contribution in [0.25, 0.3) is 0 Å². The zero-order valence-electron chi connectivity index (χ0n) is 27.7. The molecule has 4 aliphatic heterocycles. The maximum atomic E-state index is 16.7. The summed E-state index contributed by atoms with van der Waals surface area (Å²) in [6, 6.07) is 6.64. The fourth-order valence-electron chi connectivity index (χ4n) is 7.86. The van der Waals surface area contributed by atoms with E-state index in [2.05, 4.69) is 20.9 Å². The van der Waals surface area contributed by atoms with Gasteiger partial charge in [0.05, 0.1) is 23.0 Å². The van der Waals surface area contributed by atoms with Gasteiger partial charge in [-0.2, -0.15) is 19.6 Å². The fraction of sp³-hybridized carbons (Fsp3) is 0.576. The summed E-state index contributed by atoms with van der Waals surface area (Å²) in [5, 5.41) is 10.4. The number of nitrogens with two attached hydrogens (primary N) is 2. The SMILES string of the molecule is CCN(c1nc(OC[C@@H]2CC[C@H]3CN(CCOC)CCN23)nc(N2CC3(C2)SCc2sc(N)c(C#N)c23)c1F)[C@H](C)c1cccnc1N. The third-order valence-electron chi connectivity index (χ3n) is 10.4. The Morgan fingerprint density at radius 3 is 2.83 bits per heavy atom. The molecule has 7 heterocycles. The number of thioether (sulfide) groups is 1. The quantitative estimate of drug-likeness (QED) is 0.300. The fourth-order valence-corrected chi connectivity index (χ4v) is 10.7. The predicted molar refractivity (Wildman–Crippen MR) is 188 cm³/mol. The normalized spacial score (nSPS) is 22.3. The number of halogens is 1. The van der Waals surface area contributed by atoms with Gasteiger partial charge in [-0.15, -0.1) is 23.1 Å². The summed E-state index contributed by atoms with van der Waals surface area (Å²) in [5.74, 6) is 1.06. The molecule has 4 aliphatic rings. The third kappa shape index (κ3) is 5.81. The van der Waals surface area contributed by atoms with Crippen LogP contribution in [0.2, 0.25) is 0 Å². The zero-order valence-corrected chi connectivity index (χ0v) is 29.3. The van der Waals surface area contributed by atoms with Crippen molar-refractivity contribution in [3.8, 4) is 12.1 Å². The lowest BCUT2D eigenvalue weighted by Gasteiger charge is -2.48. The number of hydrogen-bond donors (Lipinski definition) is 2. The van der Waals surface area contributed by atoms with Crippen LogP contribution in [0.4, 0.5) is 26.8 Å². The van der Waals surface area contributed by atoms with Gasteiger partial charge in [-0.1, -0.05) is 6.07 Å². The van der Waals surface area contributed by atoms with Crippen LogP contribution >= 0.6 is 23.1 Å². The lowest BCUT2D eigenvalue weighted by Crippen LogP contribution is -2.57. The first-order valence-electron chi connectivity index (χ1n) is 16.6. The molecule has 1 spiro atoms. The zero-order chi connectivity index (χ0) is 33.6. The molecule has 0 saturated carbocycles. The first-order valence-corrected chi connectivity index (χ1v) is 18.4. The molecule has 15 heteroatoms. The van der Waals surface area contributed by atoms with Crippen molar-refractivity contribution in [3.05, 3.63) is 45.7 Å². The topological polar surface area (TPSA) is 146 Å². The number of nitrogens with zero attached hydrogens (tertiary/aromatic N) is 8. The van der Waals surface area contributed by atoms with Gasteiger partial charge in [0.1, 0.15) is 23.5 Å². The van der Waals surface area contributed by atoms with Crippen molar-refractivity contribution < 1.29 is 13.9 Å². The summed E-state index contributed by atoms with van der Waals surface area (Å²) in [6.07, 6.45) is 3.79. The van der Waals surface area contributed by atoms with Crippen LogP contribution in [0.15, 0.2) is 18.3 Å². The number of thiophene rings is 1. The first kappa shape index (κ1) is 33.1. The van der Waals surface area contributed by atoms with Gasteiger partial charge in [0.15, 0.2) is 11.6 Å². The van der Waals surface area contributed by atoms with E-state index in [0.717, 1.165) is 67.4 Å². The molecule has 3 aromatic rings. The molecular weight excluding hydrogens is 652 g/mol. The Kier molecular flexibility index (Phi) is 9.29. The van der Waals surface area contributed by atoms with Crippen molar-refractivity contribution in [1.29, 1.82) is 5.26 Å². The molecular formula is C33H43FN10O2S2. The molecule has 3 atom stereocenters. The average molecular weight is 695 g/mol. The molecule has 0 aromatic carbocycles. The highest BCUT2D eigenvalue weighted by Crippen LogP contribution is 2.58. The summed E-state index contributed by atoms with van der Waals surface area (Å²) in [5.41, 5.74) is 14.8. The molecule has 0 aliphatic carbocycles. The van der Waals surface area contributed by atoms with Crippen LogP contribution in [0.5, 0.6) is 6.01 Å². The molecule has 0 amide bonds. The maximum Gasteiger partial charge on any atom is 0.320 e. The Bertz CT molecular complexity index is 1700. The van der Waals surface area contributed by atoms with Crippen LogP contribution in [0.3, 0.4) is 0 Å². The van der Waals surface area contributed by atoms with E-state index in [-0.39, 0.29) is 34.5 Å². The lowest BCUT2D eigenvalue weighted by molar-refractivity contribution is 0.0467. The summed E-state index contributed by atoms with van der Waals surface area (Å²) in [6.45, 7) is 10.6. The lowest BCUT2D eigenvalue weighted by atomic mass is 9.88. The van der Waals surface area contributed by atoms with Gasteiger partial charge in [0.2, 0.25) is 5.82 Å². The van der Waals surface area contributed by atoms with Gasteiger partial charge in [0.25, 0.3) is 0 Å². The van der Waals surface area contributed by atoms with E-state index < -0.39 is 5.82 Å². The highest BCUT2D eigenvalue weighted by molar-refractivity contribution is 8.00. The Balaban J connectivity index is 1.16. The van der Waals surface area contributed by atoms with E-state index in [1.807, 2.05) is 35.8 Å². The van der Waals surface area contributed by atoms with Gasteiger partial charge >= 0.3 is 6.01 Å². The van der Waals surface area contributed by atoms with Gasteiger partial charge in [-0.25, -0.2) is 4.98 Å². The molecule has 3 saturated heterocycles. The molecule has 3 fully saturated rings. The Labute approximate surface area is 289 Å². The predicted octanol–water partition coefficient (Wildman–Crippen LogP) is 3.83. The average Bonchev–Trinajstić information content (AvgIpc) is 3.75. The van der Waals surface area contributed by atoms with Crippen molar-refractivity contribution >= 4 is 45.6 Å². The van der Waals surface area contributed by atoms with Crippen LogP contribution in [0, 0.1) is 17.1 Å². The summed E-state index contributed by atoms with van der Waals surface area (Å²) in [7, 11) is 1.75. The van der Waals surface area contributed by atoms with Crippen molar-refractivity contribution in [1.82, 2.24) is 24.8 Å². The smallest absolute Gasteiger partial charge is 0.320 e. The third-order valence-corrected chi connectivity index (χ3v) is 13.0. The number of piperazine rings is 1. The number of methoxy groups -OCH3 is 1. The van der Waals surface area contributed by atoms with Crippen LogP contribution in [-0.2, 0) is 15.2 Å². The molecule has 4 N–H and O–H groups in total. The maximum absolute atomic E-state index is 16.7. The van der Waals surface area contributed by atoms with Crippen molar-refractivity contribution in [2.24, 2.45) is 0 Å². The van der Waals surface area contributed by atoms with Crippen LogP contribution in [-0.4, -0.2) is 103 Å². The first-order chi connectivity index (χ1) is 23.3. The highest BCUT2D eigenvalue weighted by Gasteiger charge is 2.53. The minimum absolute atomic E-state index is 0.159. The van der Waals surface area contributed by atoms with E-state index in [9.17, 15) is 5.26 Å². The monoisotopic (exact) mass is 694 g/mol. The van der Waals surface area contributed by atoms with E-state index >= 15 is 4.39 Å². The van der Waals surface area contributed by atoms with Gasteiger partial charge in [-0.05, 0) is 32.8 Å². The van der Waals surface area contributed by atoms with Crippen molar-refractivity contribution in [2.75, 3.05) is 87.4 Å². The molecule has 256 valence electrons. The van der Waals surface area contributed by atoms with Crippen molar-refractivity contribution in [3.63, 3.8) is 0 Å². The minimum Gasteiger partial charge on any atom is -0.462 e. The number of nitriles is 1. The van der Waals surface area contributed by atoms with Crippen molar-refractivity contribution in [2.45, 2.75) is 55.3 Å². The molecule has 7 rings (SSSR count). The summed E-state index contributed by atoms with van der Waals surface area (Å²) < 4.78 is 28.1. The Morgan fingerprint density at radius 2 is 2.08 bits per heavy atom. The molecule has 0 unspecified atom stereocenters. The molecule has 3 aromatic heterocycles. The standard InChI is InChI=1S/C33H43FN10O2S2/c1-4-43(20(2)23-6-5-9-38-28(23)36)31-27(34)30(42-18-33(19-42)26-24(14-35)29(37)48-25(26)17-47-33)39-32(40-31)46-16-22-8-7-21-15-41(12-13-45-3)10-11-44(21)22/h5-6,9,20-22H,4,7-8,10-13,15-19,37H2,1-3H3,(H2,36,38)/t20-,21+,22+/m1/s1. The number of pyridine rings is 1. The summed E-state index contributed by atoms with van der Waals surface area (Å²) in [4.78, 5) is 23.7. The minimum atomic E-state index is -0.505. The molecule has 0 bridgehead atoms. The second-order valence-electron chi connectivity index (χ2n) is 13.0. The number of aromatic nitrogens is 3. The number of rotatable bonds is 11. The number of anilines is 4. The van der Waals surface area contributed by atoms with Gasteiger partial charge in [0, 0.05) is 93.0 Å². The Hall–Kier alpha value is -3.42. The van der Waals surface area contributed by atoms with E-state index in [1.54, 1.807) is 25.1 Å². The second kappa shape index (κ2) is 13.5. The Morgan fingerprint density at radius 1 is 1.25 bits per heavy atom. The largest absolute Gasteiger partial charge is 0.462 e. The van der Waals surface area contributed by atoms with Gasteiger partial charge in [-0.3, -0.25) is 9.80 Å². The number of ether oxygens (including phenoxy) is 2. The van der Waals surface area contributed by atoms with E-state index in [0.29, 0.717) is 48.7 Å². The molecule has 48 heavy (non-hydrogen) atoms. The number of hydrogen-bond acceptors (Lipinski definition) is 14. The highest BCUT2D eigenvalue weighted by atomic mass is 32.2. The summed E-state index contributed by atoms with van der Waals surface area (Å²) >= 11 is 3.28. The molecule has 0 radical (unpaired) electrons. The molecule has 12 nitrogen and oxygen atoms in total. The van der Waals surface area contributed by atoms with Crippen LogP contribution in [0.1, 0.15) is 54.3 Å². The van der Waals surface area contributed by atoms with Gasteiger partial charge < -0.3 is 30.7 Å². The second-order valence-corrected chi connectivity index (χ2v) is 15.5. The van der Waals surface area contributed by atoms with E-state index in [4.69, 9.17) is 30.9 Å². The number of nitrogen functional groups attached to an aromatic ring is 2. The van der Waals surface area contributed by atoms with E-state index in [1.165, 1.54) is 11.3 Å². The van der Waals surface area contributed by atoms with Crippen LogP contribution < -0.4 is 26.0 Å². The number of fused-ring (bicyclic) bond motifs is 3.